The number of amides is 1. The molecule has 2 N–H and O–H groups in total. The lowest BCUT2D eigenvalue weighted by atomic mass is 10.2. The van der Waals surface area contributed by atoms with Gasteiger partial charge < -0.3 is 14.8 Å². The van der Waals surface area contributed by atoms with Crippen LogP contribution in [0.1, 0.15) is 18.4 Å². The van der Waals surface area contributed by atoms with Crippen molar-refractivity contribution in [2.45, 2.75) is 30.3 Å². The van der Waals surface area contributed by atoms with Gasteiger partial charge in [0.1, 0.15) is 5.75 Å². The van der Waals surface area contributed by atoms with Crippen LogP contribution in [0, 0.1) is 0 Å². The van der Waals surface area contributed by atoms with Crippen LogP contribution in [0.3, 0.4) is 0 Å². The van der Waals surface area contributed by atoms with E-state index >= 15 is 0 Å². The molecule has 1 atom stereocenters. The predicted molar refractivity (Wildman–Crippen MR) is 109 cm³/mol. The molecule has 0 aromatic heterocycles. The van der Waals surface area contributed by atoms with Crippen molar-refractivity contribution in [2.75, 3.05) is 26.3 Å². The van der Waals surface area contributed by atoms with Crippen molar-refractivity contribution < 1.29 is 22.7 Å². The molecule has 1 aliphatic rings. The predicted octanol–water partition coefficient (Wildman–Crippen LogP) is 1.88. The fourth-order valence-corrected chi connectivity index (χ4v) is 4.04. The highest BCUT2D eigenvalue weighted by atomic mass is 32.2. The first-order valence-electron chi connectivity index (χ1n) is 9.68. The number of carbonyl (C=O) groups is 1. The molecule has 8 heteroatoms. The molecule has 1 aliphatic heterocycles. The topological polar surface area (TPSA) is 93.7 Å². The van der Waals surface area contributed by atoms with E-state index in [1.807, 2.05) is 30.3 Å². The molecule has 0 aliphatic carbocycles. The summed E-state index contributed by atoms with van der Waals surface area (Å²) < 4.78 is 38.2. The van der Waals surface area contributed by atoms with Gasteiger partial charge in [-0.25, -0.2) is 13.1 Å². The van der Waals surface area contributed by atoms with Crippen molar-refractivity contribution in [1.29, 1.82) is 0 Å². The quantitative estimate of drug-likeness (QED) is 0.615. The molecule has 0 spiro atoms. The average molecular weight is 419 g/mol. The second kappa shape index (κ2) is 10.4. The SMILES string of the molecule is O=C(COc1ccc(S(=O)(=O)NCCc2ccccc2)cc1)NCC1CCCO1. The van der Waals surface area contributed by atoms with Crippen LogP contribution in [0.4, 0.5) is 0 Å². The van der Waals surface area contributed by atoms with E-state index in [0.29, 0.717) is 25.3 Å². The Morgan fingerprint density at radius 2 is 1.86 bits per heavy atom. The van der Waals surface area contributed by atoms with Crippen LogP contribution in [0.15, 0.2) is 59.5 Å². The normalized spacial score (nSPS) is 16.5. The van der Waals surface area contributed by atoms with E-state index in [0.717, 1.165) is 25.0 Å². The molecule has 1 unspecified atom stereocenters. The van der Waals surface area contributed by atoms with E-state index in [4.69, 9.17) is 9.47 Å². The molecule has 7 nitrogen and oxygen atoms in total. The van der Waals surface area contributed by atoms with Crippen molar-refractivity contribution >= 4 is 15.9 Å². The highest BCUT2D eigenvalue weighted by Gasteiger charge is 2.16. The van der Waals surface area contributed by atoms with Gasteiger partial charge in [-0.15, -0.1) is 0 Å². The lowest BCUT2D eigenvalue weighted by molar-refractivity contribution is -0.123. The van der Waals surface area contributed by atoms with Gasteiger partial charge in [-0.05, 0) is 49.1 Å². The lowest BCUT2D eigenvalue weighted by Crippen LogP contribution is -2.35. The van der Waals surface area contributed by atoms with Gasteiger partial charge in [0.25, 0.3) is 5.91 Å². The van der Waals surface area contributed by atoms with Gasteiger partial charge in [0.2, 0.25) is 10.0 Å². The van der Waals surface area contributed by atoms with Crippen LogP contribution >= 0.6 is 0 Å². The van der Waals surface area contributed by atoms with Gasteiger partial charge in [0, 0.05) is 19.7 Å². The van der Waals surface area contributed by atoms with Crippen molar-refractivity contribution in [1.82, 2.24) is 10.0 Å². The second-order valence-corrected chi connectivity index (χ2v) is 8.60. The standard InChI is InChI=1S/C21H26N2O5S/c24-21(22-15-19-7-4-14-27-19)16-28-18-8-10-20(11-9-18)29(25,26)23-13-12-17-5-2-1-3-6-17/h1-3,5-6,8-11,19,23H,4,7,12-16H2,(H,22,24). The Balaban J connectivity index is 1.42. The van der Waals surface area contributed by atoms with Crippen molar-refractivity contribution in [2.24, 2.45) is 0 Å². The van der Waals surface area contributed by atoms with Gasteiger partial charge in [-0.3, -0.25) is 4.79 Å². The number of sulfonamides is 1. The molecular formula is C21H26N2O5S. The Hall–Kier alpha value is -2.42. The number of nitrogens with one attached hydrogen (secondary N) is 2. The van der Waals surface area contributed by atoms with Crippen LogP contribution in [0.25, 0.3) is 0 Å². The Morgan fingerprint density at radius 1 is 1.10 bits per heavy atom. The van der Waals surface area contributed by atoms with Gasteiger partial charge in [0.15, 0.2) is 6.61 Å². The second-order valence-electron chi connectivity index (χ2n) is 6.83. The largest absolute Gasteiger partial charge is 0.484 e. The number of rotatable bonds is 10. The zero-order valence-corrected chi connectivity index (χ0v) is 17.0. The van der Waals surface area contributed by atoms with E-state index in [1.165, 1.54) is 12.1 Å². The maximum atomic E-state index is 12.4. The first-order valence-corrected chi connectivity index (χ1v) is 11.2. The maximum absolute atomic E-state index is 12.4. The molecule has 1 amide bonds. The Kier molecular flexibility index (Phi) is 7.62. The van der Waals surface area contributed by atoms with Crippen LogP contribution in [0.2, 0.25) is 0 Å². The maximum Gasteiger partial charge on any atom is 0.258 e. The summed E-state index contributed by atoms with van der Waals surface area (Å²) in [5, 5.41) is 2.77. The molecule has 1 heterocycles. The summed E-state index contributed by atoms with van der Waals surface area (Å²) in [4.78, 5) is 12.0. The highest BCUT2D eigenvalue weighted by Crippen LogP contribution is 2.16. The number of ether oxygens (including phenoxy) is 2. The Bertz CT molecular complexity index is 879. The average Bonchev–Trinajstić information content (AvgIpc) is 3.25. The molecule has 0 saturated carbocycles. The van der Waals surface area contributed by atoms with Crippen molar-refractivity contribution in [3.63, 3.8) is 0 Å². The summed E-state index contributed by atoms with van der Waals surface area (Å²) in [5.74, 6) is 0.195. The summed E-state index contributed by atoms with van der Waals surface area (Å²) in [7, 11) is -3.60. The molecule has 156 valence electrons. The minimum absolute atomic E-state index is 0.0813. The Labute approximate surface area is 171 Å². The van der Waals surface area contributed by atoms with E-state index in [2.05, 4.69) is 10.0 Å². The first kappa shape index (κ1) is 21.3. The van der Waals surface area contributed by atoms with Gasteiger partial charge in [-0.2, -0.15) is 0 Å². The molecule has 2 aromatic carbocycles. The zero-order valence-electron chi connectivity index (χ0n) is 16.2. The van der Waals surface area contributed by atoms with E-state index in [-0.39, 0.29) is 23.5 Å². The smallest absolute Gasteiger partial charge is 0.258 e. The fourth-order valence-electron chi connectivity index (χ4n) is 3.01. The molecule has 1 fully saturated rings. The number of hydrogen-bond donors (Lipinski definition) is 2. The summed E-state index contributed by atoms with van der Waals surface area (Å²) in [6.45, 7) is 1.41. The van der Waals surface area contributed by atoms with Gasteiger partial charge in [0.05, 0.1) is 11.0 Å². The van der Waals surface area contributed by atoms with Crippen LogP contribution < -0.4 is 14.8 Å². The molecule has 0 bridgehead atoms. The molecule has 29 heavy (non-hydrogen) atoms. The molecule has 2 aromatic rings. The number of carbonyl (C=O) groups excluding carboxylic acids is 1. The van der Waals surface area contributed by atoms with Crippen molar-refractivity contribution in [3.8, 4) is 5.75 Å². The third-order valence-corrected chi connectivity index (χ3v) is 6.08. The van der Waals surface area contributed by atoms with E-state index in [9.17, 15) is 13.2 Å². The highest BCUT2D eigenvalue weighted by molar-refractivity contribution is 7.89. The minimum atomic E-state index is -3.60. The van der Waals surface area contributed by atoms with Crippen LogP contribution in [-0.4, -0.2) is 46.7 Å². The van der Waals surface area contributed by atoms with Crippen molar-refractivity contribution in [3.05, 3.63) is 60.2 Å². The molecule has 0 radical (unpaired) electrons. The summed E-state index contributed by atoms with van der Waals surface area (Å²) in [6.07, 6.45) is 2.67. The molecular weight excluding hydrogens is 392 g/mol. The number of hydrogen-bond acceptors (Lipinski definition) is 5. The minimum Gasteiger partial charge on any atom is -0.484 e. The number of benzene rings is 2. The molecule has 3 rings (SSSR count). The van der Waals surface area contributed by atoms with E-state index < -0.39 is 10.0 Å². The zero-order chi connectivity index (χ0) is 20.5. The van der Waals surface area contributed by atoms with E-state index in [1.54, 1.807) is 12.1 Å². The lowest BCUT2D eigenvalue weighted by Gasteiger charge is -2.12. The summed E-state index contributed by atoms with van der Waals surface area (Å²) in [6, 6.07) is 15.7. The summed E-state index contributed by atoms with van der Waals surface area (Å²) >= 11 is 0. The summed E-state index contributed by atoms with van der Waals surface area (Å²) in [5.41, 5.74) is 1.07. The fraction of sp³-hybridized carbons (Fsp3) is 0.381. The van der Waals surface area contributed by atoms with Gasteiger partial charge in [-0.1, -0.05) is 30.3 Å². The van der Waals surface area contributed by atoms with Crippen LogP contribution in [-0.2, 0) is 26.0 Å². The first-order chi connectivity index (χ1) is 14.0. The third-order valence-electron chi connectivity index (χ3n) is 4.60. The van der Waals surface area contributed by atoms with Crippen LogP contribution in [0.5, 0.6) is 5.75 Å². The molecule has 1 saturated heterocycles. The third kappa shape index (κ3) is 6.85. The Morgan fingerprint density at radius 3 is 2.55 bits per heavy atom. The van der Waals surface area contributed by atoms with Gasteiger partial charge >= 0.3 is 0 Å². The monoisotopic (exact) mass is 418 g/mol.